The quantitative estimate of drug-likeness (QED) is 0.322. The highest BCUT2D eigenvalue weighted by Crippen LogP contribution is 2.37. The van der Waals surface area contributed by atoms with Gasteiger partial charge in [-0.3, -0.25) is 0 Å². The summed E-state index contributed by atoms with van der Waals surface area (Å²) in [5.74, 6) is -1.08. The number of aromatic nitrogens is 3. The topological polar surface area (TPSA) is 76.7 Å². The van der Waals surface area contributed by atoms with Crippen molar-refractivity contribution in [2.75, 3.05) is 0 Å². The van der Waals surface area contributed by atoms with Crippen molar-refractivity contribution in [3.63, 3.8) is 0 Å². The zero-order valence-electron chi connectivity index (χ0n) is 21.0. The van der Waals surface area contributed by atoms with Crippen molar-refractivity contribution in [3.8, 4) is 22.5 Å². The number of carbonyl (C=O) groups is 1. The Morgan fingerprint density at radius 3 is 2.36 bits per heavy atom. The van der Waals surface area contributed by atoms with Gasteiger partial charge in [-0.15, -0.1) is 0 Å². The number of carboxylic acid groups (broad SMARTS) is 1. The van der Waals surface area contributed by atoms with E-state index in [9.17, 15) is 9.90 Å². The SMILES string of the molecule is Cc1nc2cc(-c3ccc4c(c3)CCCC4)nn2c(-c2ccc(Cl)cc2)c1C(OC(C)(C)C)C(=O)O. The minimum atomic E-state index is -1.22. The zero-order chi connectivity index (χ0) is 25.6. The number of ether oxygens (including phenoxy) is 1. The third kappa shape index (κ3) is 4.75. The number of halogens is 1. The molecule has 0 amide bonds. The molecule has 186 valence electrons. The zero-order valence-corrected chi connectivity index (χ0v) is 21.8. The molecule has 1 N–H and O–H groups in total. The van der Waals surface area contributed by atoms with Gasteiger partial charge in [-0.2, -0.15) is 5.10 Å². The standard InChI is InChI=1S/C29H30ClN3O3/c1-17-25(27(28(34)35)36-29(2,3)4)26(19-11-13-22(30)14-12-19)33-24(31-17)16-23(32-33)21-10-9-18-7-5-6-8-20(18)15-21/h9-16,27H,5-8H2,1-4H3,(H,34,35). The molecule has 0 saturated carbocycles. The molecule has 0 spiro atoms. The fourth-order valence-corrected chi connectivity index (χ4v) is 5.08. The first-order valence-electron chi connectivity index (χ1n) is 12.3. The van der Waals surface area contributed by atoms with Crippen molar-refractivity contribution in [3.05, 3.63) is 75.9 Å². The Balaban J connectivity index is 1.75. The van der Waals surface area contributed by atoms with Crippen molar-refractivity contribution in [2.24, 2.45) is 0 Å². The Morgan fingerprint density at radius 1 is 1.03 bits per heavy atom. The molecule has 7 heteroatoms. The van der Waals surface area contributed by atoms with Gasteiger partial charge in [-0.25, -0.2) is 14.3 Å². The van der Waals surface area contributed by atoms with Gasteiger partial charge in [0.15, 0.2) is 11.8 Å². The highest BCUT2D eigenvalue weighted by atomic mass is 35.5. The number of rotatable bonds is 5. The van der Waals surface area contributed by atoms with E-state index in [1.54, 1.807) is 16.6 Å². The van der Waals surface area contributed by atoms with Gasteiger partial charge in [-0.05, 0) is 82.7 Å². The third-order valence-electron chi connectivity index (χ3n) is 6.55. The Labute approximate surface area is 215 Å². The van der Waals surface area contributed by atoms with Crippen LogP contribution in [0.5, 0.6) is 0 Å². The monoisotopic (exact) mass is 503 g/mol. The summed E-state index contributed by atoms with van der Waals surface area (Å²) < 4.78 is 7.79. The van der Waals surface area contributed by atoms with Gasteiger partial charge in [-0.1, -0.05) is 35.9 Å². The minimum Gasteiger partial charge on any atom is -0.479 e. The molecule has 1 aliphatic rings. The summed E-state index contributed by atoms with van der Waals surface area (Å²) in [6, 6.07) is 15.8. The van der Waals surface area contributed by atoms with Crippen LogP contribution in [0.25, 0.3) is 28.2 Å². The van der Waals surface area contributed by atoms with Gasteiger partial charge in [0.25, 0.3) is 0 Å². The first-order chi connectivity index (χ1) is 17.1. The van der Waals surface area contributed by atoms with Gasteiger partial charge in [0.05, 0.1) is 17.0 Å². The summed E-state index contributed by atoms with van der Waals surface area (Å²) >= 11 is 6.18. The van der Waals surface area contributed by atoms with Crippen molar-refractivity contribution < 1.29 is 14.6 Å². The van der Waals surface area contributed by atoms with E-state index in [4.69, 9.17) is 26.4 Å². The number of aryl methyl sites for hydroxylation is 3. The van der Waals surface area contributed by atoms with Crippen LogP contribution in [0.4, 0.5) is 0 Å². The average Bonchev–Trinajstić information content (AvgIpc) is 3.25. The molecule has 6 nitrogen and oxygen atoms in total. The van der Waals surface area contributed by atoms with Gasteiger partial charge in [0.2, 0.25) is 0 Å². The molecule has 0 fully saturated rings. The van der Waals surface area contributed by atoms with Gasteiger partial charge in [0.1, 0.15) is 0 Å². The van der Waals surface area contributed by atoms with Crippen LogP contribution in [0.3, 0.4) is 0 Å². The molecule has 2 heterocycles. The molecule has 1 aliphatic carbocycles. The van der Waals surface area contributed by atoms with E-state index in [2.05, 4.69) is 18.2 Å². The molecular formula is C29H30ClN3O3. The highest BCUT2D eigenvalue weighted by Gasteiger charge is 2.33. The van der Waals surface area contributed by atoms with Crippen molar-refractivity contribution in [2.45, 2.75) is 65.1 Å². The molecule has 1 unspecified atom stereocenters. The molecular weight excluding hydrogens is 474 g/mol. The normalized spacial score (nSPS) is 14.6. The van der Waals surface area contributed by atoms with Crippen LogP contribution in [-0.4, -0.2) is 31.3 Å². The number of fused-ring (bicyclic) bond motifs is 2. The molecule has 0 bridgehead atoms. The fourth-order valence-electron chi connectivity index (χ4n) is 4.95. The molecule has 4 aromatic rings. The molecule has 0 radical (unpaired) electrons. The molecule has 0 aliphatic heterocycles. The van der Waals surface area contributed by atoms with Crippen molar-refractivity contribution >= 4 is 23.2 Å². The second kappa shape index (κ2) is 9.34. The molecule has 1 atom stereocenters. The molecule has 2 aromatic heterocycles. The second-order valence-corrected chi connectivity index (χ2v) is 10.8. The maximum absolute atomic E-state index is 12.5. The van der Waals surface area contributed by atoms with Crippen LogP contribution in [0.2, 0.25) is 5.02 Å². The first-order valence-corrected chi connectivity index (χ1v) is 12.7. The predicted octanol–water partition coefficient (Wildman–Crippen LogP) is 6.84. The van der Waals surface area contributed by atoms with E-state index in [0.717, 1.165) is 29.7 Å². The lowest BCUT2D eigenvalue weighted by Gasteiger charge is -2.27. The second-order valence-electron chi connectivity index (χ2n) is 10.4. The minimum absolute atomic E-state index is 0.479. The lowest BCUT2D eigenvalue weighted by atomic mass is 9.90. The van der Waals surface area contributed by atoms with E-state index >= 15 is 0 Å². The van der Waals surface area contributed by atoms with Crippen LogP contribution < -0.4 is 0 Å². The van der Waals surface area contributed by atoms with E-state index in [0.29, 0.717) is 27.6 Å². The third-order valence-corrected chi connectivity index (χ3v) is 6.80. The lowest BCUT2D eigenvalue weighted by molar-refractivity contribution is -0.160. The maximum Gasteiger partial charge on any atom is 0.337 e. The average molecular weight is 504 g/mol. The maximum atomic E-state index is 12.5. The molecule has 0 saturated heterocycles. The van der Waals surface area contributed by atoms with Crippen LogP contribution >= 0.6 is 11.6 Å². The number of nitrogens with zero attached hydrogens (tertiary/aromatic N) is 3. The van der Waals surface area contributed by atoms with Crippen molar-refractivity contribution in [1.82, 2.24) is 14.6 Å². The van der Waals surface area contributed by atoms with Gasteiger partial charge >= 0.3 is 5.97 Å². The molecule has 2 aromatic carbocycles. The van der Waals surface area contributed by atoms with E-state index < -0.39 is 17.7 Å². The Kier molecular flexibility index (Phi) is 6.35. The summed E-state index contributed by atoms with van der Waals surface area (Å²) in [4.78, 5) is 17.2. The molecule has 36 heavy (non-hydrogen) atoms. The number of aliphatic carboxylic acids is 1. The Hall–Kier alpha value is -3.22. The van der Waals surface area contributed by atoms with Crippen LogP contribution in [-0.2, 0) is 22.4 Å². The smallest absolute Gasteiger partial charge is 0.337 e. The van der Waals surface area contributed by atoms with Crippen LogP contribution in [0, 0.1) is 6.92 Å². The van der Waals surface area contributed by atoms with Gasteiger partial charge < -0.3 is 9.84 Å². The number of benzene rings is 2. The van der Waals surface area contributed by atoms with Crippen molar-refractivity contribution in [1.29, 1.82) is 0 Å². The summed E-state index contributed by atoms with van der Waals surface area (Å²) in [7, 11) is 0. The number of hydrogen-bond donors (Lipinski definition) is 1. The summed E-state index contributed by atoms with van der Waals surface area (Å²) in [5, 5.41) is 15.7. The van der Waals surface area contributed by atoms with Crippen LogP contribution in [0.15, 0.2) is 48.5 Å². The lowest BCUT2D eigenvalue weighted by Crippen LogP contribution is -2.29. The summed E-state index contributed by atoms with van der Waals surface area (Å²) in [6.45, 7) is 7.35. The first kappa shape index (κ1) is 24.5. The Bertz CT molecular complexity index is 1450. The van der Waals surface area contributed by atoms with Crippen LogP contribution in [0.1, 0.15) is 62.1 Å². The predicted molar refractivity (Wildman–Crippen MR) is 141 cm³/mol. The largest absolute Gasteiger partial charge is 0.479 e. The molecule has 5 rings (SSSR count). The number of hydrogen-bond acceptors (Lipinski definition) is 4. The van der Waals surface area contributed by atoms with E-state index in [-0.39, 0.29) is 0 Å². The summed E-state index contributed by atoms with van der Waals surface area (Å²) in [6.07, 6.45) is 3.42. The van der Waals surface area contributed by atoms with Gasteiger partial charge in [0, 0.05) is 33.5 Å². The Morgan fingerprint density at radius 2 is 1.69 bits per heavy atom. The fraction of sp³-hybridized carbons (Fsp3) is 0.345. The number of carboxylic acids is 1. The van der Waals surface area contributed by atoms with E-state index in [1.807, 2.05) is 45.9 Å². The van der Waals surface area contributed by atoms with E-state index in [1.165, 1.54) is 24.0 Å². The highest BCUT2D eigenvalue weighted by molar-refractivity contribution is 6.30. The summed E-state index contributed by atoms with van der Waals surface area (Å²) in [5.41, 5.74) is 7.07.